The molecule has 1 N–H and O–H groups in total. The van der Waals surface area contributed by atoms with E-state index in [1.165, 1.54) is 25.3 Å². The summed E-state index contributed by atoms with van der Waals surface area (Å²) in [6.45, 7) is 0.981. The number of hydrogen-bond donors (Lipinski definition) is 1. The Morgan fingerprint density at radius 3 is 2.95 bits per heavy atom. The first kappa shape index (κ1) is 14.6. The predicted octanol–water partition coefficient (Wildman–Crippen LogP) is 1.81. The number of ether oxygens (including phenoxy) is 2. The topological polar surface area (TPSA) is 64.6 Å². The largest absolute Gasteiger partial charge is 0.495 e. The smallest absolute Gasteiger partial charge is 0.240 e. The Hall–Kier alpha value is -0.820. The van der Waals surface area contributed by atoms with Gasteiger partial charge in [0.1, 0.15) is 5.75 Å². The van der Waals surface area contributed by atoms with Crippen molar-refractivity contribution in [2.24, 2.45) is 0 Å². The normalized spacial score (nSPS) is 19.6. The number of sulfonamides is 1. The van der Waals surface area contributed by atoms with Crippen LogP contribution in [0.4, 0.5) is 0 Å². The highest BCUT2D eigenvalue weighted by atomic mass is 35.5. The Kier molecular flexibility index (Phi) is 4.67. The molecule has 1 atom stereocenters. The van der Waals surface area contributed by atoms with E-state index < -0.39 is 10.0 Å². The summed E-state index contributed by atoms with van der Waals surface area (Å²) in [6, 6.07) is 4.35. The second-order valence-corrected chi connectivity index (χ2v) is 6.46. The van der Waals surface area contributed by atoms with Crippen LogP contribution >= 0.6 is 11.6 Å². The molecule has 1 aromatic carbocycles. The van der Waals surface area contributed by atoms with Gasteiger partial charge in [0.05, 0.1) is 23.1 Å². The lowest BCUT2D eigenvalue weighted by molar-refractivity contribution is 0.114. The molecule has 0 aromatic heterocycles. The Morgan fingerprint density at radius 2 is 2.32 bits per heavy atom. The molecule has 1 heterocycles. The summed E-state index contributed by atoms with van der Waals surface area (Å²) in [5, 5.41) is 0.376. The molecule has 0 radical (unpaired) electrons. The van der Waals surface area contributed by atoms with Gasteiger partial charge in [-0.15, -0.1) is 0 Å². The quantitative estimate of drug-likeness (QED) is 0.901. The summed E-state index contributed by atoms with van der Waals surface area (Å²) in [4.78, 5) is 0.131. The molecule has 1 aliphatic rings. The van der Waals surface area contributed by atoms with Crippen molar-refractivity contribution in [2.75, 3.05) is 20.3 Å². The Balaban J connectivity index is 2.10. The van der Waals surface area contributed by atoms with Crippen molar-refractivity contribution in [3.8, 4) is 5.75 Å². The Bertz CT molecular complexity index is 541. The summed E-state index contributed by atoms with van der Waals surface area (Å²) in [6.07, 6.45) is 1.82. The van der Waals surface area contributed by atoms with Gasteiger partial charge < -0.3 is 9.47 Å². The zero-order valence-corrected chi connectivity index (χ0v) is 12.1. The first-order chi connectivity index (χ1) is 9.03. The molecule has 2 rings (SSSR count). The first-order valence-corrected chi connectivity index (χ1v) is 7.84. The van der Waals surface area contributed by atoms with Crippen LogP contribution in [0.1, 0.15) is 12.8 Å². The van der Waals surface area contributed by atoms with Gasteiger partial charge in [-0.3, -0.25) is 0 Å². The summed E-state index contributed by atoms with van der Waals surface area (Å²) in [7, 11) is -2.12. The van der Waals surface area contributed by atoms with Gasteiger partial charge in [0.25, 0.3) is 0 Å². The maximum absolute atomic E-state index is 12.1. The molecule has 1 unspecified atom stereocenters. The van der Waals surface area contributed by atoms with Gasteiger partial charge in [0.2, 0.25) is 10.0 Å². The van der Waals surface area contributed by atoms with Crippen LogP contribution in [-0.4, -0.2) is 34.8 Å². The fourth-order valence-corrected chi connectivity index (χ4v) is 3.17. The molecule has 1 fully saturated rings. The molecule has 19 heavy (non-hydrogen) atoms. The molecule has 1 saturated heterocycles. The average molecular weight is 306 g/mol. The minimum Gasteiger partial charge on any atom is -0.495 e. The van der Waals surface area contributed by atoms with Gasteiger partial charge in [-0.1, -0.05) is 11.6 Å². The van der Waals surface area contributed by atoms with Crippen LogP contribution in [0.15, 0.2) is 23.1 Å². The van der Waals surface area contributed by atoms with Gasteiger partial charge in [0.15, 0.2) is 0 Å². The number of halogens is 1. The van der Waals surface area contributed by atoms with Crippen molar-refractivity contribution in [2.45, 2.75) is 23.8 Å². The third-order valence-electron chi connectivity index (χ3n) is 2.96. The van der Waals surface area contributed by atoms with Crippen molar-refractivity contribution in [1.82, 2.24) is 4.72 Å². The van der Waals surface area contributed by atoms with Crippen LogP contribution in [0, 0.1) is 0 Å². The summed E-state index contributed by atoms with van der Waals surface area (Å²) in [5.41, 5.74) is 0. The molecule has 0 spiro atoms. The molecule has 0 saturated carbocycles. The SMILES string of the molecule is COc1cc(S(=O)(=O)NCC2CCCO2)ccc1Cl. The van der Waals surface area contributed by atoms with E-state index in [4.69, 9.17) is 21.1 Å². The van der Waals surface area contributed by atoms with E-state index in [-0.39, 0.29) is 17.5 Å². The van der Waals surface area contributed by atoms with Gasteiger partial charge in [0, 0.05) is 19.2 Å². The van der Waals surface area contributed by atoms with Gasteiger partial charge in [-0.25, -0.2) is 13.1 Å². The third kappa shape index (κ3) is 3.60. The third-order valence-corrected chi connectivity index (χ3v) is 4.69. The standard InChI is InChI=1S/C12H16ClNO4S/c1-17-12-7-10(4-5-11(12)13)19(15,16)14-8-9-3-2-6-18-9/h4-5,7,9,14H,2-3,6,8H2,1H3. The minimum atomic E-state index is -3.57. The maximum Gasteiger partial charge on any atom is 0.240 e. The zero-order chi connectivity index (χ0) is 13.9. The van der Waals surface area contributed by atoms with Gasteiger partial charge in [-0.05, 0) is 25.0 Å². The van der Waals surface area contributed by atoms with Crippen molar-refractivity contribution in [1.29, 1.82) is 0 Å². The zero-order valence-electron chi connectivity index (χ0n) is 10.6. The van der Waals surface area contributed by atoms with Crippen molar-refractivity contribution >= 4 is 21.6 Å². The Labute approximate surface area is 117 Å². The molecular weight excluding hydrogens is 290 g/mol. The fourth-order valence-electron chi connectivity index (χ4n) is 1.90. The first-order valence-electron chi connectivity index (χ1n) is 5.98. The van der Waals surface area contributed by atoms with E-state index in [9.17, 15) is 8.42 Å². The second kappa shape index (κ2) is 6.09. The summed E-state index contributed by atoms with van der Waals surface area (Å²) in [5.74, 6) is 0.335. The lowest BCUT2D eigenvalue weighted by atomic mass is 10.2. The number of nitrogens with one attached hydrogen (secondary N) is 1. The molecule has 106 valence electrons. The van der Waals surface area contributed by atoms with Crippen LogP contribution in [0.3, 0.4) is 0 Å². The van der Waals surface area contributed by atoms with E-state index in [0.29, 0.717) is 17.4 Å². The highest BCUT2D eigenvalue weighted by molar-refractivity contribution is 7.89. The molecule has 7 heteroatoms. The van der Waals surface area contributed by atoms with E-state index in [2.05, 4.69) is 4.72 Å². The van der Waals surface area contributed by atoms with Crippen LogP contribution in [0.5, 0.6) is 5.75 Å². The van der Waals surface area contributed by atoms with Crippen molar-refractivity contribution in [3.05, 3.63) is 23.2 Å². The number of rotatable bonds is 5. The lowest BCUT2D eigenvalue weighted by Gasteiger charge is -2.12. The van der Waals surface area contributed by atoms with Crippen LogP contribution in [-0.2, 0) is 14.8 Å². The highest BCUT2D eigenvalue weighted by Crippen LogP contribution is 2.27. The van der Waals surface area contributed by atoms with Crippen LogP contribution in [0.25, 0.3) is 0 Å². The monoisotopic (exact) mass is 305 g/mol. The highest BCUT2D eigenvalue weighted by Gasteiger charge is 2.21. The van der Waals surface area contributed by atoms with Crippen molar-refractivity contribution < 1.29 is 17.9 Å². The van der Waals surface area contributed by atoms with Crippen LogP contribution < -0.4 is 9.46 Å². The summed E-state index contributed by atoms with van der Waals surface area (Å²) >= 11 is 5.87. The van der Waals surface area contributed by atoms with E-state index in [1.54, 1.807) is 0 Å². The Morgan fingerprint density at radius 1 is 1.53 bits per heavy atom. The van der Waals surface area contributed by atoms with Gasteiger partial charge >= 0.3 is 0 Å². The average Bonchev–Trinajstić information content (AvgIpc) is 2.90. The molecule has 1 aromatic rings. The molecular formula is C12H16ClNO4S. The number of methoxy groups -OCH3 is 1. The molecule has 1 aliphatic heterocycles. The molecule has 0 amide bonds. The maximum atomic E-state index is 12.1. The van der Waals surface area contributed by atoms with Crippen molar-refractivity contribution in [3.63, 3.8) is 0 Å². The van der Waals surface area contributed by atoms with E-state index >= 15 is 0 Å². The molecule has 5 nitrogen and oxygen atoms in total. The van der Waals surface area contributed by atoms with E-state index in [1.807, 2.05) is 0 Å². The number of benzene rings is 1. The van der Waals surface area contributed by atoms with E-state index in [0.717, 1.165) is 12.8 Å². The van der Waals surface area contributed by atoms with Crippen LogP contribution in [0.2, 0.25) is 5.02 Å². The lowest BCUT2D eigenvalue weighted by Crippen LogP contribution is -2.31. The second-order valence-electron chi connectivity index (χ2n) is 4.28. The number of hydrogen-bond acceptors (Lipinski definition) is 4. The van der Waals surface area contributed by atoms with Gasteiger partial charge in [-0.2, -0.15) is 0 Å². The predicted molar refractivity (Wildman–Crippen MR) is 72.2 cm³/mol. The fraction of sp³-hybridized carbons (Fsp3) is 0.500. The molecule has 0 aliphatic carbocycles. The summed E-state index contributed by atoms with van der Waals surface area (Å²) < 4.78 is 37.1. The molecule has 0 bridgehead atoms. The minimum absolute atomic E-state index is 0.0380.